The minimum atomic E-state index is -0.145. The molecule has 0 bridgehead atoms. The molecule has 104 valence electrons. The van der Waals surface area contributed by atoms with E-state index in [9.17, 15) is 4.79 Å². The van der Waals surface area contributed by atoms with Crippen LogP contribution in [-0.2, 0) is 4.79 Å². The molecule has 1 aliphatic heterocycles. The standard InChI is InChI=1S/C15H23N3O/c1-11-4-5-13(12(2)10-11)18-9-3-8-17-15(19)14(18)6-7-16/h4-5,10,14H,3,6-9,16H2,1-2H3,(H,17,19). The number of benzene rings is 1. The van der Waals surface area contributed by atoms with E-state index in [0.717, 1.165) is 25.2 Å². The molecule has 4 heteroatoms. The second-order valence-corrected chi connectivity index (χ2v) is 5.22. The summed E-state index contributed by atoms with van der Waals surface area (Å²) in [4.78, 5) is 14.4. The van der Waals surface area contributed by atoms with Crippen molar-refractivity contribution < 1.29 is 4.79 Å². The fraction of sp³-hybridized carbons (Fsp3) is 0.533. The van der Waals surface area contributed by atoms with Crippen molar-refractivity contribution in [2.45, 2.75) is 32.7 Å². The molecular weight excluding hydrogens is 238 g/mol. The highest BCUT2D eigenvalue weighted by molar-refractivity contribution is 5.86. The lowest BCUT2D eigenvalue weighted by molar-refractivity contribution is -0.122. The molecule has 4 nitrogen and oxygen atoms in total. The summed E-state index contributed by atoms with van der Waals surface area (Å²) in [6, 6.07) is 6.24. The van der Waals surface area contributed by atoms with Crippen LogP contribution in [-0.4, -0.2) is 31.6 Å². The van der Waals surface area contributed by atoms with E-state index in [2.05, 4.69) is 42.3 Å². The molecule has 1 aromatic rings. The van der Waals surface area contributed by atoms with Crippen LogP contribution in [0.3, 0.4) is 0 Å². The molecule has 0 spiro atoms. The Bertz CT molecular complexity index is 459. The molecule has 1 aromatic carbocycles. The van der Waals surface area contributed by atoms with Crippen molar-refractivity contribution in [2.24, 2.45) is 5.73 Å². The van der Waals surface area contributed by atoms with Crippen LogP contribution in [0.2, 0.25) is 0 Å². The zero-order chi connectivity index (χ0) is 13.8. The minimum Gasteiger partial charge on any atom is -0.359 e. The van der Waals surface area contributed by atoms with E-state index in [-0.39, 0.29) is 11.9 Å². The molecule has 1 saturated heterocycles. The Balaban J connectivity index is 2.34. The van der Waals surface area contributed by atoms with Gasteiger partial charge in [-0.25, -0.2) is 0 Å². The Morgan fingerprint density at radius 2 is 2.21 bits per heavy atom. The molecule has 1 aliphatic rings. The summed E-state index contributed by atoms with van der Waals surface area (Å²) < 4.78 is 0. The summed E-state index contributed by atoms with van der Waals surface area (Å²) in [7, 11) is 0. The second kappa shape index (κ2) is 6.06. The van der Waals surface area contributed by atoms with Crippen molar-refractivity contribution in [2.75, 3.05) is 24.5 Å². The molecule has 1 unspecified atom stereocenters. The SMILES string of the molecule is Cc1ccc(N2CCCNC(=O)C2CCN)c(C)c1. The largest absolute Gasteiger partial charge is 0.359 e. The average Bonchev–Trinajstić information content (AvgIpc) is 2.54. The van der Waals surface area contributed by atoms with Crippen LogP contribution in [0.15, 0.2) is 18.2 Å². The first-order chi connectivity index (χ1) is 9.13. The predicted octanol–water partition coefficient (Wildman–Crippen LogP) is 1.35. The molecular formula is C15H23N3O. The second-order valence-electron chi connectivity index (χ2n) is 5.22. The van der Waals surface area contributed by atoms with Gasteiger partial charge in [0.1, 0.15) is 6.04 Å². The topological polar surface area (TPSA) is 58.4 Å². The van der Waals surface area contributed by atoms with Gasteiger partial charge in [0, 0.05) is 18.8 Å². The number of nitrogens with one attached hydrogen (secondary N) is 1. The Labute approximate surface area is 115 Å². The van der Waals surface area contributed by atoms with Crippen LogP contribution in [0.1, 0.15) is 24.0 Å². The van der Waals surface area contributed by atoms with Crippen LogP contribution >= 0.6 is 0 Å². The van der Waals surface area contributed by atoms with Crippen LogP contribution in [0.25, 0.3) is 0 Å². The molecule has 1 fully saturated rings. The van der Waals surface area contributed by atoms with Crippen LogP contribution in [0.5, 0.6) is 0 Å². The number of nitrogens with two attached hydrogens (primary N) is 1. The first kappa shape index (κ1) is 13.9. The number of hydrogen-bond donors (Lipinski definition) is 2. The van der Waals surface area contributed by atoms with Gasteiger partial charge in [0.25, 0.3) is 0 Å². The molecule has 19 heavy (non-hydrogen) atoms. The molecule has 3 N–H and O–H groups in total. The smallest absolute Gasteiger partial charge is 0.242 e. The van der Waals surface area contributed by atoms with E-state index in [1.54, 1.807) is 0 Å². The van der Waals surface area contributed by atoms with Gasteiger partial charge < -0.3 is 16.0 Å². The lowest BCUT2D eigenvalue weighted by Gasteiger charge is -2.31. The maximum atomic E-state index is 12.2. The van der Waals surface area contributed by atoms with Crippen molar-refractivity contribution in [3.63, 3.8) is 0 Å². The maximum Gasteiger partial charge on any atom is 0.242 e. The lowest BCUT2D eigenvalue weighted by Crippen LogP contribution is -2.45. The first-order valence-corrected chi connectivity index (χ1v) is 6.95. The number of nitrogens with zero attached hydrogens (tertiary/aromatic N) is 1. The Hall–Kier alpha value is -1.55. The first-order valence-electron chi connectivity index (χ1n) is 6.95. The fourth-order valence-electron chi connectivity index (χ4n) is 2.74. The third-order valence-corrected chi connectivity index (χ3v) is 3.66. The van der Waals surface area contributed by atoms with Gasteiger partial charge in [-0.3, -0.25) is 4.79 Å². The summed E-state index contributed by atoms with van der Waals surface area (Å²) in [6.45, 7) is 6.36. The van der Waals surface area contributed by atoms with Gasteiger partial charge in [0.2, 0.25) is 5.91 Å². The van der Waals surface area contributed by atoms with Gasteiger partial charge in [-0.05, 0) is 44.9 Å². The van der Waals surface area contributed by atoms with E-state index in [0.29, 0.717) is 13.0 Å². The van der Waals surface area contributed by atoms with Gasteiger partial charge in [-0.2, -0.15) is 0 Å². The number of carbonyl (C=O) groups excluding carboxylic acids is 1. The molecule has 1 amide bonds. The van der Waals surface area contributed by atoms with Gasteiger partial charge in [-0.15, -0.1) is 0 Å². The van der Waals surface area contributed by atoms with Crippen LogP contribution in [0, 0.1) is 13.8 Å². The van der Waals surface area contributed by atoms with E-state index >= 15 is 0 Å². The summed E-state index contributed by atoms with van der Waals surface area (Å²) in [6.07, 6.45) is 1.67. The van der Waals surface area contributed by atoms with Crippen LogP contribution < -0.4 is 16.0 Å². The Morgan fingerprint density at radius 1 is 1.42 bits per heavy atom. The summed E-state index contributed by atoms with van der Waals surface area (Å²) in [5.41, 5.74) is 9.29. The third-order valence-electron chi connectivity index (χ3n) is 3.66. The zero-order valence-electron chi connectivity index (χ0n) is 11.8. The Kier molecular flexibility index (Phi) is 4.43. The molecule has 0 saturated carbocycles. The van der Waals surface area contributed by atoms with Gasteiger partial charge in [0.05, 0.1) is 0 Å². The minimum absolute atomic E-state index is 0.0999. The number of carbonyl (C=O) groups is 1. The monoisotopic (exact) mass is 261 g/mol. The molecule has 0 aromatic heterocycles. The van der Waals surface area contributed by atoms with Crippen LogP contribution in [0.4, 0.5) is 5.69 Å². The molecule has 1 atom stereocenters. The van der Waals surface area contributed by atoms with E-state index in [4.69, 9.17) is 5.73 Å². The number of anilines is 1. The molecule has 2 rings (SSSR count). The number of amides is 1. The van der Waals surface area contributed by atoms with Crippen molar-refractivity contribution in [1.29, 1.82) is 0 Å². The number of hydrogen-bond acceptors (Lipinski definition) is 3. The lowest BCUT2D eigenvalue weighted by atomic mass is 10.1. The average molecular weight is 261 g/mol. The highest BCUT2D eigenvalue weighted by Crippen LogP contribution is 2.25. The van der Waals surface area contributed by atoms with Crippen molar-refractivity contribution >= 4 is 11.6 Å². The maximum absolute atomic E-state index is 12.2. The van der Waals surface area contributed by atoms with Crippen molar-refractivity contribution in [1.82, 2.24) is 5.32 Å². The summed E-state index contributed by atoms with van der Waals surface area (Å²) >= 11 is 0. The number of rotatable bonds is 3. The van der Waals surface area contributed by atoms with E-state index < -0.39 is 0 Å². The normalized spacial score (nSPS) is 20.1. The summed E-state index contributed by atoms with van der Waals surface area (Å²) in [5, 5.41) is 2.97. The molecule has 0 radical (unpaired) electrons. The highest BCUT2D eigenvalue weighted by atomic mass is 16.2. The predicted molar refractivity (Wildman–Crippen MR) is 78.3 cm³/mol. The Morgan fingerprint density at radius 3 is 2.89 bits per heavy atom. The zero-order valence-corrected chi connectivity index (χ0v) is 11.8. The van der Waals surface area contributed by atoms with Crippen molar-refractivity contribution in [3.05, 3.63) is 29.3 Å². The van der Waals surface area contributed by atoms with E-state index in [1.165, 1.54) is 11.1 Å². The molecule has 1 heterocycles. The van der Waals surface area contributed by atoms with E-state index in [1.807, 2.05) is 0 Å². The van der Waals surface area contributed by atoms with Gasteiger partial charge in [0.15, 0.2) is 0 Å². The van der Waals surface area contributed by atoms with Gasteiger partial charge in [-0.1, -0.05) is 17.7 Å². The third kappa shape index (κ3) is 3.07. The van der Waals surface area contributed by atoms with Gasteiger partial charge >= 0.3 is 0 Å². The number of aryl methyl sites for hydroxylation is 2. The highest BCUT2D eigenvalue weighted by Gasteiger charge is 2.28. The fourth-order valence-corrected chi connectivity index (χ4v) is 2.74. The van der Waals surface area contributed by atoms with Crippen molar-refractivity contribution in [3.8, 4) is 0 Å². The quantitative estimate of drug-likeness (QED) is 0.863. The summed E-state index contributed by atoms with van der Waals surface area (Å²) in [5.74, 6) is 0.0999. The molecule has 0 aliphatic carbocycles.